The van der Waals surface area contributed by atoms with Crippen molar-refractivity contribution in [1.29, 1.82) is 0 Å². The Kier molecular flexibility index (Phi) is 12.0. The van der Waals surface area contributed by atoms with Crippen LogP contribution in [0.5, 0.6) is 0 Å². The molecule has 6 nitrogen and oxygen atoms in total. The fourth-order valence-corrected chi connectivity index (χ4v) is 4.56. The summed E-state index contributed by atoms with van der Waals surface area (Å²) in [7, 11) is 0.180. The number of hydrogen-bond donors (Lipinski definition) is 0. The van der Waals surface area contributed by atoms with Gasteiger partial charge < -0.3 is 18.5 Å². The number of ether oxygens (including phenoxy) is 1. The van der Waals surface area contributed by atoms with Gasteiger partial charge in [-0.1, -0.05) is 6.58 Å². The maximum absolute atomic E-state index is 12.7. The normalized spacial score (nSPS) is 12.0. The van der Waals surface area contributed by atoms with Crippen molar-refractivity contribution < 1.29 is 23.2 Å². The van der Waals surface area contributed by atoms with Crippen LogP contribution in [0.2, 0.25) is 38.3 Å². The van der Waals surface area contributed by atoms with Gasteiger partial charge in [-0.3, -0.25) is 4.79 Å². The van der Waals surface area contributed by atoms with Crippen LogP contribution in [0.3, 0.4) is 0 Å². The summed E-state index contributed by atoms with van der Waals surface area (Å²) in [6, 6.07) is 1.93. The van der Waals surface area contributed by atoms with Gasteiger partial charge in [-0.15, -0.1) is 0 Å². The monoisotopic (exact) mass is 417 g/mol. The van der Waals surface area contributed by atoms with E-state index in [0.717, 1.165) is 25.1 Å². The lowest BCUT2D eigenvalue weighted by Crippen LogP contribution is -2.39. The zero-order valence-corrected chi connectivity index (χ0v) is 20.4. The molecule has 0 saturated carbocycles. The highest BCUT2D eigenvalue weighted by molar-refractivity contribution is 6.71. The highest BCUT2D eigenvalue weighted by Crippen LogP contribution is 2.16. The van der Waals surface area contributed by atoms with Gasteiger partial charge in [0.05, 0.1) is 6.61 Å². The van der Waals surface area contributed by atoms with Crippen molar-refractivity contribution >= 4 is 28.5 Å². The summed E-state index contributed by atoms with van der Waals surface area (Å²) in [5.74, 6) is -0.293. The Morgan fingerprint density at radius 3 is 2.00 bits per heavy atom. The van der Waals surface area contributed by atoms with E-state index in [2.05, 4.69) is 32.8 Å². The summed E-state index contributed by atoms with van der Waals surface area (Å²) >= 11 is 0. The van der Waals surface area contributed by atoms with Crippen LogP contribution in [0.1, 0.15) is 26.2 Å². The maximum atomic E-state index is 12.7. The molecule has 0 rings (SSSR count). The molecule has 0 saturated heterocycles. The van der Waals surface area contributed by atoms with Crippen LogP contribution < -0.4 is 0 Å². The van der Waals surface area contributed by atoms with Gasteiger partial charge in [-0.25, -0.2) is 4.79 Å². The third kappa shape index (κ3) is 12.2. The Labute approximate surface area is 167 Å². The summed E-state index contributed by atoms with van der Waals surface area (Å²) in [6.45, 7) is 15.6. The SMILES string of the molecule is C=C(C)C(=O)OCCCC(=O)N(CCC[Si](C)(C)OC)CC[Si](C)(C)OC. The highest BCUT2D eigenvalue weighted by atomic mass is 28.4. The molecule has 0 aliphatic rings. The molecule has 0 N–H and O–H groups in total. The minimum absolute atomic E-state index is 0.110. The van der Waals surface area contributed by atoms with Gasteiger partial charge in [0.2, 0.25) is 5.91 Å². The molecular weight excluding hydrogens is 378 g/mol. The van der Waals surface area contributed by atoms with E-state index >= 15 is 0 Å². The lowest BCUT2D eigenvalue weighted by molar-refractivity contribution is -0.140. The standard InChI is InChI=1S/C19H39NO5Si2/c1-17(2)19(22)25-14-9-11-18(21)20(13-16-27(7,8)24-4)12-10-15-26(5,6)23-3/h1,9-16H2,2-8H3. The van der Waals surface area contributed by atoms with Crippen LogP contribution in [0.4, 0.5) is 0 Å². The lowest BCUT2D eigenvalue weighted by atomic mass is 10.2. The minimum atomic E-state index is -1.72. The number of nitrogens with zero attached hydrogens (tertiary/aromatic N) is 1. The largest absolute Gasteiger partial charge is 0.462 e. The molecule has 8 heteroatoms. The molecule has 158 valence electrons. The fraction of sp³-hybridized carbons (Fsp3) is 0.789. The number of amides is 1. The number of esters is 1. The molecule has 0 aliphatic carbocycles. The Hall–Kier alpha value is -0.966. The molecule has 0 aromatic rings. The highest BCUT2D eigenvalue weighted by Gasteiger charge is 2.25. The summed E-state index contributed by atoms with van der Waals surface area (Å²) in [5, 5.41) is 0. The molecule has 0 unspecified atom stereocenters. The smallest absolute Gasteiger partial charge is 0.333 e. The summed E-state index contributed by atoms with van der Waals surface area (Å²) in [5.41, 5.74) is 0.375. The van der Waals surface area contributed by atoms with Crippen molar-refractivity contribution in [2.75, 3.05) is 33.9 Å². The molecule has 0 aromatic carbocycles. The molecule has 0 spiro atoms. The van der Waals surface area contributed by atoms with Crippen molar-refractivity contribution in [3.05, 3.63) is 12.2 Å². The van der Waals surface area contributed by atoms with Gasteiger partial charge in [-0.2, -0.15) is 0 Å². The molecule has 0 heterocycles. The average molecular weight is 418 g/mol. The van der Waals surface area contributed by atoms with Gasteiger partial charge in [0.15, 0.2) is 16.6 Å². The van der Waals surface area contributed by atoms with Crippen LogP contribution in [0, 0.1) is 0 Å². The van der Waals surface area contributed by atoms with Gasteiger partial charge in [-0.05, 0) is 58.0 Å². The Bertz CT molecular complexity index is 494. The molecular formula is C19H39NO5Si2. The zero-order valence-electron chi connectivity index (χ0n) is 18.4. The van der Waals surface area contributed by atoms with E-state index in [0.29, 0.717) is 25.0 Å². The van der Waals surface area contributed by atoms with E-state index < -0.39 is 22.6 Å². The van der Waals surface area contributed by atoms with E-state index in [9.17, 15) is 9.59 Å². The van der Waals surface area contributed by atoms with Crippen LogP contribution in [0.15, 0.2) is 12.2 Å². The average Bonchev–Trinajstić information content (AvgIpc) is 2.60. The van der Waals surface area contributed by atoms with Gasteiger partial charge in [0, 0.05) is 39.3 Å². The van der Waals surface area contributed by atoms with E-state index in [4.69, 9.17) is 13.6 Å². The Morgan fingerprint density at radius 1 is 0.926 bits per heavy atom. The van der Waals surface area contributed by atoms with Crippen molar-refractivity contribution in [2.24, 2.45) is 0 Å². The van der Waals surface area contributed by atoms with Crippen LogP contribution >= 0.6 is 0 Å². The molecule has 0 aliphatic heterocycles. The number of hydrogen-bond acceptors (Lipinski definition) is 5. The lowest BCUT2D eigenvalue weighted by Gasteiger charge is -2.28. The third-order valence-corrected chi connectivity index (χ3v) is 9.96. The first kappa shape index (κ1) is 26.0. The first-order chi connectivity index (χ1) is 12.4. The second-order valence-corrected chi connectivity index (χ2v) is 17.0. The molecule has 1 amide bonds. The van der Waals surface area contributed by atoms with E-state index in [1.54, 1.807) is 21.1 Å². The molecule has 0 aromatic heterocycles. The molecule has 0 bridgehead atoms. The van der Waals surface area contributed by atoms with Crippen LogP contribution in [0.25, 0.3) is 0 Å². The van der Waals surface area contributed by atoms with Gasteiger partial charge in [0.1, 0.15) is 0 Å². The minimum Gasteiger partial charge on any atom is -0.462 e. The predicted octanol–water partition coefficient (Wildman–Crippen LogP) is 3.81. The predicted molar refractivity (Wildman–Crippen MR) is 115 cm³/mol. The maximum Gasteiger partial charge on any atom is 0.333 e. The second-order valence-electron chi connectivity index (χ2n) is 8.18. The molecule has 0 fully saturated rings. The Balaban J connectivity index is 4.59. The number of rotatable bonds is 14. The third-order valence-electron chi connectivity index (χ3n) is 4.77. The van der Waals surface area contributed by atoms with Crippen molar-refractivity contribution in [3.8, 4) is 0 Å². The van der Waals surface area contributed by atoms with Crippen molar-refractivity contribution in [1.82, 2.24) is 4.90 Å². The van der Waals surface area contributed by atoms with Crippen molar-refractivity contribution in [3.63, 3.8) is 0 Å². The molecule has 0 atom stereocenters. The Morgan fingerprint density at radius 2 is 1.48 bits per heavy atom. The zero-order chi connectivity index (χ0) is 21.1. The van der Waals surface area contributed by atoms with E-state index in [-0.39, 0.29) is 12.5 Å². The second kappa shape index (κ2) is 12.5. The summed E-state index contributed by atoms with van der Waals surface area (Å²) < 4.78 is 16.3. The fourth-order valence-electron chi connectivity index (χ4n) is 2.33. The molecule has 0 radical (unpaired) electrons. The van der Waals surface area contributed by atoms with Crippen molar-refractivity contribution in [2.45, 2.75) is 64.5 Å². The van der Waals surface area contributed by atoms with E-state index in [1.807, 2.05) is 4.90 Å². The first-order valence-electron chi connectivity index (χ1n) is 9.65. The van der Waals surface area contributed by atoms with Crippen LogP contribution in [-0.2, 0) is 23.2 Å². The van der Waals surface area contributed by atoms with Gasteiger partial charge in [0.25, 0.3) is 0 Å². The molecule has 27 heavy (non-hydrogen) atoms. The summed E-state index contributed by atoms with van der Waals surface area (Å²) in [4.78, 5) is 26.0. The summed E-state index contributed by atoms with van der Waals surface area (Å²) in [6.07, 6.45) is 1.85. The van der Waals surface area contributed by atoms with Crippen LogP contribution in [-0.4, -0.2) is 67.3 Å². The number of carbonyl (C=O) groups is 2. The topological polar surface area (TPSA) is 65.1 Å². The van der Waals surface area contributed by atoms with E-state index in [1.165, 1.54) is 0 Å². The quantitative estimate of drug-likeness (QED) is 0.186. The number of carbonyl (C=O) groups excluding carboxylic acids is 2. The van der Waals surface area contributed by atoms with Gasteiger partial charge >= 0.3 is 5.97 Å². The first-order valence-corrected chi connectivity index (χ1v) is 15.9.